The number of nitrogens with zero attached hydrogens (tertiary/aromatic N) is 2. The highest BCUT2D eigenvalue weighted by molar-refractivity contribution is 9.09. The molecule has 1 N–H and O–H groups in total. The van der Waals surface area contributed by atoms with E-state index < -0.39 is 15.6 Å². The van der Waals surface area contributed by atoms with Gasteiger partial charge in [-0.05, 0) is 34.1 Å². The van der Waals surface area contributed by atoms with Crippen LogP contribution in [-0.2, 0) is 16.6 Å². The van der Waals surface area contributed by atoms with Gasteiger partial charge in [0.2, 0.25) is 0 Å². The van der Waals surface area contributed by atoms with Crippen molar-refractivity contribution in [3.8, 4) is 0 Å². The fourth-order valence-electron chi connectivity index (χ4n) is 1.63. The van der Waals surface area contributed by atoms with Gasteiger partial charge in [0.15, 0.2) is 5.03 Å². The van der Waals surface area contributed by atoms with Crippen LogP contribution in [-0.4, -0.2) is 28.8 Å². The Bertz CT molecular complexity index is 508. The van der Waals surface area contributed by atoms with Gasteiger partial charge in [0, 0.05) is 23.6 Å². The van der Waals surface area contributed by atoms with Gasteiger partial charge < -0.3 is 4.57 Å². The Balaban J connectivity index is 2.99. The van der Waals surface area contributed by atoms with Gasteiger partial charge in [-0.15, -0.1) is 0 Å². The zero-order valence-corrected chi connectivity index (χ0v) is 13.6. The van der Waals surface area contributed by atoms with Gasteiger partial charge in [-0.25, -0.2) is 18.1 Å². The molecule has 1 aromatic rings. The molecule has 0 radical (unpaired) electrons. The van der Waals surface area contributed by atoms with Gasteiger partial charge in [0.25, 0.3) is 10.0 Å². The molecule has 0 spiro atoms. The van der Waals surface area contributed by atoms with E-state index in [0.717, 1.165) is 5.33 Å². The molecule has 0 bridgehead atoms. The molecular formula is C11H20BrN3O2S. The maximum absolute atomic E-state index is 12.2. The van der Waals surface area contributed by atoms with Gasteiger partial charge >= 0.3 is 0 Å². The standard InChI is InChI=1S/C11H20BrN3O2S/c1-5-15-8-10(13-9(15)2)18(16,17)14-11(3,4)6-7-12/h8,14H,5-7H2,1-4H3. The van der Waals surface area contributed by atoms with Gasteiger partial charge in [0.1, 0.15) is 5.82 Å². The van der Waals surface area contributed by atoms with Crippen LogP contribution in [0.2, 0.25) is 0 Å². The number of rotatable bonds is 6. The fourth-order valence-corrected chi connectivity index (χ4v) is 4.08. The normalized spacial score (nSPS) is 12.9. The maximum Gasteiger partial charge on any atom is 0.260 e. The lowest BCUT2D eigenvalue weighted by Gasteiger charge is -2.24. The largest absolute Gasteiger partial charge is 0.334 e. The van der Waals surface area contributed by atoms with Gasteiger partial charge in [-0.1, -0.05) is 15.9 Å². The molecule has 104 valence electrons. The number of nitrogens with one attached hydrogen (secondary N) is 1. The molecule has 0 unspecified atom stereocenters. The summed E-state index contributed by atoms with van der Waals surface area (Å²) in [6.07, 6.45) is 2.28. The van der Waals surface area contributed by atoms with Crippen molar-refractivity contribution < 1.29 is 8.42 Å². The predicted molar refractivity (Wildman–Crippen MR) is 75.4 cm³/mol. The summed E-state index contributed by atoms with van der Waals surface area (Å²) in [5.74, 6) is 0.705. The molecule has 0 aliphatic heterocycles. The topological polar surface area (TPSA) is 64.0 Å². The van der Waals surface area contributed by atoms with Crippen LogP contribution < -0.4 is 4.72 Å². The number of halogens is 1. The first-order valence-electron chi connectivity index (χ1n) is 5.85. The smallest absolute Gasteiger partial charge is 0.260 e. The van der Waals surface area contributed by atoms with E-state index in [2.05, 4.69) is 25.6 Å². The van der Waals surface area contributed by atoms with E-state index in [1.807, 2.05) is 25.3 Å². The van der Waals surface area contributed by atoms with Crippen molar-refractivity contribution in [2.24, 2.45) is 0 Å². The Morgan fingerprint density at radius 2 is 2.11 bits per heavy atom. The Morgan fingerprint density at radius 1 is 1.50 bits per heavy atom. The Labute approximate surface area is 117 Å². The van der Waals surface area contributed by atoms with E-state index in [4.69, 9.17) is 0 Å². The first kappa shape index (κ1) is 15.7. The second kappa shape index (κ2) is 5.71. The van der Waals surface area contributed by atoms with Crippen LogP contribution >= 0.6 is 15.9 Å². The number of imidazole rings is 1. The summed E-state index contributed by atoms with van der Waals surface area (Å²) in [5, 5.41) is 0.829. The van der Waals surface area contributed by atoms with Crippen molar-refractivity contribution in [1.82, 2.24) is 14.3 Å². The van der Waals surface area contributed by atoms with Gasteiger partial charge in [0.05, 0.1) is 0 Å². The van der Waals surface area contributed by atoms with E-state index in [1.165, 1.54) is 0 Å². The first-order valence-corrected chi connectivity index (χ1v) is 8.46. The number of hydrogen-bond acceptors (Lipinski definition) is 3. The molecule has 1 heterocycles. The summed E-state index contributed by atoms with van der Waals surface area (Å²) in [6.45, 7) is 8.17. The minimum atomic E-state index is -3.55. The third-order valence-corrected chi connectivity index (χ3v) is 4.67. The number of aromatic nitrogens is 2. The lowest BCUT2D eigenvalue weighted by molar-refractivity contribution is 0.442. The molecule has 0 fully saturated rings. The number of alkyl halides is 1. The Morgan fingerprint density at radius 3 is 2.56 bits per heavy atom. The number of sulfonamides is 1. The van der Waals surface area contributed by atoms with E-state index >= 15 is 0 Å². The van der Waals surface area contributed by atoms with Crippen LogP contribution in [0.25, 0.3) is 0 Å². The minimum Gasteiger partial charge on any atom is -0.334 e. The van der Waals surface area contributed by atoms with Crippen molar-refractivity contribution in [2.75, 3.05) is 5.33 Å². The maximum atomic E-state index is 12.2. The Hall–Kier alpha value is -0.400. The number of aryl methyl sites for hydroxylation is 2. The van der Waals surface area contributed by atoms with Crippen LogP contribution in [0.5, 0.6) is 0 Å². The first-order chi connectivity index (χ1) is 8.22. The van der Waals surface area contributed by atoms with E-state index in [1.54, 1.807) is 13.1 Å². The summed E-state index contributed by atoms with van der Waals surface area (Å²) >= 11 is 3.32. The van der Waals surface area contributed by atoms with E-state index in [-0.39, 0.29) is 5.03 Å². The average molecular weight is 338 g/mol. The highest BCUT2D eigenvalue weighted by Crippen LogP contribution is 2.16. The molecule has 0 aliphatic carbocycles. The molecule has 0 atom stereocenters. The van der Waals surface area contributed by atoms with Crippen LogP contribution in [0.15, 0.2) is 11.2 Å². The second-order valence-corrected chi connectivity index (χ2v) is 7.26. The predicted octanol–water partition coefficient (Wildman–Crippen LogP) is 2.05. The Kier molecular flexibility index (Phi) is 4.97. The van der Waals surface area contributed by atoms with Crippen LogP contribution in [0.4, 0.5) is 0 Å². The molecule has 1 aromatic heterocycles. The lowest BCUT2D eigenvalue weighted by atomic mass is 10.0. The molecule has 18 heavy (non-hydrogen) atoms. The summed E-state index contributed by atoms with van der Waals surface area (Å²) in [4.78, 5) is 4.10. The van der Waals surface area contributed by atoms with Crippen molar-refractivity contribution in [3.05, 3.63) is 12.0 Å². The monoisotopic (exact) mass is 337 g/mol. The van der Waals surface area contributed by atoms with Gasteiger partial charge in [-0.3, -0.25) is 0 Å². The lowest BCUT2D eigenvalue weighted by Crippen LogP contribution is -2.43. The van der Waals surface area contributed by atoms with Gasteiger partial charge in [-0.2, -0.15) is 0 Å². The van der Waals surface area contributed by atoms with Crippen molar-refractivity contribution in [2.45, 2.75) is 51.2 Å². The summed E-state index contributed by atoms with van der Waals surface area (Å²) in [7, 11) is -3.55. The quantitative estimate of drug-likeness (QED) is 0.808. The molecule has 0 saturated heterocycles. The third-order valence-electron chi connectivity index (χ3n) is 2.70. The van der Waals surface area contributed by atoms with E-state index in [9.17, 15) is 8.42 Å². The summed E-state index contributed by atoms with van der Waals surface area (Å²) in [5.41, 5.74) is -0.494. The average Bonchev–Trinajstić information content (AvgIpc) is 2.58. The molecule has 7 heteroatoms. The van der Waals surface area contributed by atoms with Crippen molar-refractivity contribution >= 4 is 26.0 Å². The zero-order chi connectivity index (χ0) is 14.0. The van der Waals surface area contributed by atoms with E-state index in [0.29, 0.717) is 18.8 Å². The molecule has 0 amide bonds. The fraction of sp³-hybridized carbons (Fsp3) is 0.727. The molecule has 1 rings (SSSR count). The highest BCUT2D eigenvalue weighted by atomic mass is 79.9. The summed E-state index contributed by atoms with van der Waals surface area (Å²) < 4.78 is 28.9. The van der Waals surface area contributed by atoms with Crippen LogP contribution in [0, 0.1) is 6.92 Å². The third kappa shape index (κ3) is 3.80. The molecular weight excluding hydrogens is 318 g/mol. The summed E-state index contributed by atoms with van der Waals surface area (Å²) in [6, 6.07) is 0. The molecule has 0 saturated carbocycles. The van der Waals surface area contributed by atoms with Crippen molar-refractivity contribution in [1.29, 1.82) is 0 Å². The zero-order valence-electron chi connectivity index (χ0n) is 11.2. The highest BCUT2D eigenvalue weighted by Gasteiger charge is 2.27. The molecule has 5 nitrogen and oxygen atoms in total. The van der Waals surface area contributed by atoms with Crippen LogP contribution in [0.3, 0.4) is 0 Å². The van der Waals surface area contributed by atoms with Crippen LogP contribution in [0.1, 0.15) is 33.0 Å². The van der Waals surface area contributed by atoms with Crippen molar-refractivity contribution in [3.63, 3.8) is 0 Å². The second-order valence-electron chi connectivity index (χ2n) is 4.84. The number of hydrogen-bond donors (Lipinski definition) is 1. The SMILES string of the molecule is CCn1cc(S(=O)(=O)NC(C)(C)CCBr)nc1C. The molecule has 0 aliphatic rings. The molecule has 0 aromatic carbocycles. The minimum absolute atomic E-state index is 0.0875.